The number of carbonyl (C=O) groups is 2. The first-order valence-corrected chi connectivity index (χ1v) is 7.03. The Kier molecular flexibility index (Phi) is 3.57. The van der Waals surface area contributed by atoms with Gasteiger partial charge in [0.1, 0.15) is 5.78 Å². The van der Waals surface area contributed by atoms with Crippen LogP contribution in [0.3, 0.4) is 0 Å². The summed E-state index contributed by atoms with van der Waals surface area (Å²) in [6.45, 7) is 0. The van der Waals surface area contributed by atoms with Gasteiger partial charge in [-0.3, -0.25) is 4.79 Å². The fourth-order valence-electron chi connectivity index (χ4n) is 2.72. The first-order chi connectivity index (χ1) is 9.67. The molecule has 1 saturated carbocycles. The molecule has 1 heterocycles. The largest absolute Gasteiger partial charge is 0.465 e. The van der Waals surface area contributed by atoms with E-state index in [0.717, 1.165) is 5.56 Å². The second-order valence-corrected chi connectivity index (χ2v) is 5.56. The van der Waals surface area contributed by atoms with E-state index in [0.29, 0.717) is 24.3 Å². The lowest BCUT2D eigenvalue weighted by atomic mass is 9.95. The van der Waals surface area contributed by atoms with Gasteiger partial charge in [0.2, 0.25) is 0 Å². The molecular weight excluding hydrogens is 256 g/mol. The van der Waals surface area contributed by atoms with Gasteiger partial charge in [-0.1, -0.05) is 12.1 Å². The molecule has 1 aromatic carbocycles. The van der Waals surface area contributed by atoms with Gasteiger partial charge >= 0.3 is 5.97 Å². The standard InChI is InChI=1S/C16H18O4/c1-19-16(18)12-6-4-11(5-7-12)15-9-13(17)8-14(20-15)10-2-3-10/h4-7,10,14-15H,2-3,8-9H2,1H3/t14-,15+/m0/s1. The summed E-state index contributed by atoms with van der Waals surface area (Å²) in [6, 6.07) is 7.13. The summed E-state index contributed by atoms with van der Waals surface area (Å²) >= 11 is 0. The third-order valence-electron chi connectivity index (χ3n) is 4.03. The Morgan fingerprint density at radius 3 is 2.50 bits per heavy atom. The minimum Gasteiger partial charge on any atom is -0.465 e. The van der Waals surface area contributed by atoms with E-state index in [1.165, 1.54) is 20.0 Å². The highest BCUT2D eigenvalue weighted by Crippen LogP contribution is 2.41. The molecule has 1 aliphatic carbocycles. The average molecular weight is 274 g/mol. The monoisotopic (exact) mass is 274 g/mol. The van der Waals surface area contributed by atoms with Crippen molar-refractivity contribution in [1.29, 1.82) is 0 Å². The molecule has 106 valence electrons. The fraction of sp³-hybridized carbons (Fsp3) is 0.500. The summed E-state index contributed by atoms with van der Waals surface area (Å²) in [5.74, 6) is 0.485. The van der Waals surface area contributed by atoms with Gasteiger partial charge in [-0.25, -0.2) is 4.79 Å². The molecule has 0 unspecified atom stereocenters. The predicted molar refractivity (Wildman–Crippen MR) is 72.4 cm³/mol. The van der Waals surface area contributed by atoms with Crippen LogP contribution in [0.15, 0.2) is 24.3 Å². The van der Waals surface area contributed by atoms with Crippen LogP contribution in [0.1, 0.15) is 47.7 Å². The molecule has 20 heavy (non-hydrogen) atoms. The first-order valence-electron chi connectivity index (χ1n) is 7.03. The molecule has 1 aliphatic heterocycles. The van der Waals surface area contributed by atoms with E-state index in [1.807, 2.05) is 12.1 Å². The van der Waals surface area contributed by atoms with Crippen LogP contribution in [0.4, 0.5) is 0 Å². The number of hydrogen-bond acceptors (Lipinski definition) is 4. The molecule has 0 spiro atoms. The number of ether oxygens (including phenoxy) is 2. The van der Waals surface area contributed by atoms with Crippen LogP contribution in [-0.2, 0) is 14.3 Å². The molecule has 3 rings (SSSR count). The van der Waals surface area contributed by atoms with E-state index in [4.69, 9.17) is 4.74 Å². The summed E-state index contributed by atoms with van der Waals surface area (Å²) < 4.78 is 10.7. The van der Waals surface area contributed by atoms with Gasteiger partial charge in [-0.15, -0.1) is 0 Å². The molecule has 0 amide bonds. The minimum atomic E-state index is -0.354. The summed E-state index contributed by atoms with van der Waals surface area (Å²) in [5.41, 5.74) is 1.47. The smallest absolute Gasteiger partial charge is 0.337 e. The van der Waals surface area contributed by atoms with E-state index in [9.17, 15) is 9.59 Å². The molecule has 4 heteroatoms. The fourth-order valence-corrected chi connectivity index (χ4v) is 2.72. The van der Waals surface area contributed by atoms with Gasteiger partial charge in [-0.05, 0) is 36.5 Å². The molecule has 1 aromatic rings. The number of benzene rings is 1. The van der Waals surface area contributed by atoms with Gasteiger partial charge < -0.3 is 9.47 Å². The number of carbonyl (C=O) groups excluding carboxylic acids is 2. The highest BCUT2D eigenvalue weighted by molar-refractivity contribution is 5.89. The average Bonchev–Trinajstić information content (AvgIpc) is 3.30. The Labute approximate surface area is 118 Å². The Morgan fingerprint density at radius 1 is 1.20 bits per heavy atom. The highest BCUT2D eigenvalue weighted by atomic mass is 16.5. The Balaban J connectivity index is 1.74. The third-order valence-corrected chi connectivity index (χ3v) is 4.03. The molecule has 2 atom stereocenters. The van der Waals surface area contributed by atoms with Gasteiger partial charge in [0, 0.05) is 12.8 Å². The van der Waals surface area contributed by atoms with Crippen molar-refractivity contribution in [2.24, 2.45) is 5.92 Å². The zero-order valence-electron chi connectivity index (χ0n) is 11.5. The number of ketones is 1. The second kappa shape index (κ2) is 5.37. The lowest BCUT2D eigenvalue weighted by Gasteiger charge is -2.29. The van der Waals surface area contributed by atoms with Crippen LogP contribution in [0.5, 0.6) is 0 Å². The molecule has 1 saturated heterocycles. The Bertz CT molecular complexity index is 516. The van der Waals surface area contributed by atoms with Crippen LogP contribution < -0.4 is 0 Å². The maximum atomic E-state index is 11.9. The summed E-state index contributed by atoms with van der Waals surface area (Å²) in [6.07, 6.45) is 3.25. The minimum absolute atomic E-state index is 0.0848. The van der Waals surface area contributed by atoms with Gasteiger partial charge in [0.15, 0.2) is 0 Å². The molecule has 0 N–H and O–H groups in total. The number of Topliss-reactive ketones (excluding diaryl/α,β-unsaturated/α-hetero) is 1. The molecular formula is C16H18O4. The van der Waals surface area contributed by atoms with Gasteiger partial charge in [0.25, 0.3) is 0 Å². The maximum absolute atomic E-state index is 11.9. The normalized spacial score (nSPS) is 26.4. The van der Waals surface area contributed by atoms with Crippen molar-refractivity contribution in [2.45, 2.75) is 37.9 Å². The van der Waals surface area contributed by atoms with E-state index < -0.39 is 0 Å². The second-order valence-electron chi connectivity index (χ2n) is 5.56. The molecule has 2 aliphatic rings. The van der Waals surface area contributed by atoms with Crippen LogP contribution >= 0.6 is 0 Å². The number of rotatable bonds is 3. The quantitative estimate of drug-likeness (QED) is 0.795. The maximum Gasteiger partial charge on any atom is 0.337 e. The van der Waals surface area contributed by atoms with E-state index in [1.54, 1.807) is 12.1 Å². The van der Waals surface area contributed by atoms with Crippen molar-refractivity contribution in [3.8, 4) is 0 Å². The van der Waals surface area contributed by atoms with Crippen LogP contribution in [0.25, 0.3) is 0 Å². The first kappa shape index (κ1) is 13.3. The molecule has 0 radical (unpaired) electrons. The lowest BCUT2D eigenvalue weighted by molar-refractivity contribution is -0.137. The van der Waals surface area contributed by atoms with E-state index in [2.05, 4.69) is 4.74 Å². The Hall–Kier alpha value is -1.68. The van der Waals surface area contributed by atoms with Gasteiger partial charge in [-0.2, -0.15) is 0 Å². The van der Waals surface area contributed by atoms with Gasteiger partial charge in [0.05, 0.1) is 24.9 Å². The third kappa shape index (κ3) is 2.75. The van der Waals surface area contributed by atoms with Crippen molar-refractivity contribution < 1.29 is 19.1 Å². The van der Waals surface area contributed by atoms with Crippen molar-refractivity contribution in [1.82, 2.24) is 0 Å². The summed E-state index contributed by atoms with van der Waals surface area (Å²) in [5, 5.41) is 0. The molecule has 2 fully saturated rings. The van der Waals surface area contributed by atoms with Crippen molar-refractivity contribution in [2.75, 3.05) is 7.11 Å². The van der Waals surface area contributed by atoms with Crippen LogP contribution in [-0.4, -0.2) is 25.0 Å². The van der Waals surface area contributed by atoms with E-state index in [-0.39, 0.29) is 24.0 Å². The van der Waals surface area contributed by atoms with E-state index >= 15 is 0 Å². The van der Waals surface area contributed by atoms with Crippen LogP contribution in [0.2, 0.25) is 0 Å². The molecule has 4 nitrogen and oxygen atoms in total. The lowest BCUT2D eigenvalue weighted by Crippen LogP contribution is -2.29. The SMILES string of the molecule is COC(=O)c1ccc([C@H]2CC(=O)C[C@@H](C3CC3)O2)cc1. The number of esters is 1. The highest BCUT2D eigenvalue weighted by Gasteiger charge is 2.38. The topological polar surface area (TPSA) is 52.6 Å². The summed E-state index contributed by atoms with van der Waals surface area (Å²) in [7, 11) is 1.36. The number of hydrogen-bond donors (Lipinski definition) is 0. The zero-order chi connectivity index (χ0) is 14.1. The predicted octanol–water partition coefficient (Wildman–Crippen LogP) is 2.67. The Morgan fingerprint density at radius 2 is 1.90 bits per heavy atom. The van der Waals surface area contributed by atoms with Crippen molar-refractivity contribution in [3.05, 3.63) is 35.4 Å². The molecule has 0 aromatic heterocycles. The van der Waals surface area contributed by atoms with Crippen molar-refractivity contribution >= 4 is 11.8 Å². The molecule has 0 bridgehead atoms. The van der Waals surface area contributed by atoms with Crippen LogP contribution in [0, 0.1) is 5.92 Å². The zero-order valence-corrected chi connectivity index (χ0v) is 11.5. The van der Waals surface area contributed by atoms with Crippen molar-refractivity contribution in [3.63, 3.8) is 0 Å². The number of methoxy groups -OCH3 is 1. The summed E-state index contributed by atoms with van der Waals surface area (Å²) in [4.78, 5) is 23.3.